The molecule has 0 saturated heterocycles. The highest BCUT2D eigenvalue weighted by Gasteiger charge is 2.15. The molecule has 0 atom stereocenters. The summed E-state index contributed by atoms with van der Waals surface area (Å²) >= 11 is 0. The summed E-state index contributed by atoms with van der Waals surface area (Å²) < 4.78 is 0. The first kappa shape index (κ1) is 11.7. The van der Waals surface area contributed by atoms with Crippen molar-refractivity contribution in [2.24, 2.45) is 0 Å². The zero-order chi connectivity index (χ0) is 13.1. The molecule has 0 aliphatic carbocycles. The summed E-state index contributed by atoms with van der Waals surface area (Å²) in [5, 5.41) is 28.2. The van der Waals surface area contributed by atoms with Crippen LogP contribution in [0.25, 0.3) is 0 Å². The van der Waals surface area contributed by atoms with Gasteiger partial charge in [-0.1, -0.05) is 6.07 Å². The van der Waals surface area contributed by atoms with Gasteiger partial charge in [0.15, 0.2) is 0 Å². The lowest BCUT2D eigenvalue weighted by Crippen LogP contribution is -2.04. The quantitative estimate of drug-likeness (QED) is 0.489. The van der Waals surface area contributed by atoms with Crippen LogP contribution in [-0.4, -0.2) is 20.7 Å². The molecule has 1 heterocycles. The van der Waals surface area contributed by atoms with Crippen LogP contribution in [0.2, 0.25) is 0 Å². The zero-order valence-electron chi connectivity index (χ0n) is 9.20. The minimum absolute atomic E-state index is 0.0585. The SMILES string of the molecule is N=C(c1ccccn1)c1cc([N+](=O)[O-])ccc1O. The van der Waals surface area contributed by atoms with E-state index in [1.54, 1.807) is 18.2 Å². The molecule has 6 nitrogen and oxygen atoms in total. The number of nitrogens with one attached hydrogen (secondary N) is 1. The van der Waals surface area contributed by atoms with E-state index in [0.29, 0.717) is 5.69 Å². The molecule has 2 N–H and O–H groups in total. The van der Waals surface area contributed by atoms with Crippen LogP contribution in [0.4, 0.5) is 5.69 Å². The summed E-state index contributed by atoms with van der Waals surface area (Å²) in [7, 11) is 0. The second-order valence-corrected chi connectivity index (χ2v) is 3.55. The van der Waals surface area contributed by atoms with Gasteiger partial charge in [0.2, 0.25) is 0 Å². The third kappa shape index (κ3) is 2.17. The normalized spacial score (nSPS) is 10.0. The fraction of sp³-hybridized carbons (Fsp3) is 0. The van der Waals surface area contributed by atoms with Crippen LogP contribution < -0.4 is 0 Å². The molecule has 6 heteroatoms. The second kappa shape index (κ2) is 4.62. The van der Waals surface area contributed by atoms with Crippen LogP contribution in [0.5, 0.6) is 5.75 Å². The molecular weight excluding hydrogens is 234 g/mol. The number of nitro benzene ring substituents is 1. The van der Waals surface area contributed by atoms with E-state index in [1.165, 1.54) is 18.3 Å². The summed E-state index contributed by atoms with van der Waals surface area (Å²) in [6.45, 7) is 0. The number of non-ortho nitro benzene ring substituents is 1. The number of hydrogen-bond donors (Lipinski definition) is 2. The smallest absolute Gasteiger partial charge is 0.270 e. The minimum atomic E-state index is -0.575. The third-order valence-corrected chi connectivity index (χ3v) is 2.38. The number of aromatic hydroxyl groups is 1. The molecule has 90 valence electrons. The number of rotatable bonds is 3. The predicted octanol–water partition coefficient (Wildman–Crippen LogP) is 2.11. The highest BCUT2D eigenvalue weighted by molar-refractivity contribution is 6.11. The summed E-state index contributed by atoms with van der Waals surface area (Å²) in [5.74, 6) is -0.184. The highest BCUT2D eigenvalue weighted by Crippen LogP contribution is 2.24. The van der Waals surface area contributed by atoms with Gasteiger partial charge in [0.25, 0.3) is 5.69 Å². The van der Waals surface area contributed by atoms with E-state index >= 15 is 0 Å². The zero-order valence-corrected chi connectivity index (χ0v) is 9.20. The number of aromatic nitrogens is 1. The molecule has 0 bridgehead atoms. The summed E-state index contributed by atoms with van der Waals surface area (Å²) in [5.41, 5.74) is 0.191. The fourth-order valence-electron chi connectivity index (χ4n) is 1.49. The highest BCUT2D eigenvalue weighted by atomic mass is 16.6. The van der Waals surface area contributed by atoms with E-state index in [0.717, 1.165) is 6.07 Å². The first-order valence-corrected chi connectivity index (χ1v) is 5.07. The monoisotopic (exact) mass is 243 g/mol. The van der Waals surface area contributed by atoms with Crippen molar-refractivity contribution >= 4 is 11.4 Å². The number of benzene rings is 1. The van der Waals surface area contributed by atoms with Gasteiger partial charge in [0.05, 0.1) is 21.9 Å². The van der Waals surface area contributed by atoms with Gasteiger partial charge in [-0.05, 0) is 18.2 Å². The van der Waals surface area contributed by atoms with E-state index in [-0.39, 0.29) is 22.7 Å². The van der Waals surface area contributed by atoms with E-state index in [2.05, 4.69) is 4.98 Å². The Bertz CT molecular complexity index is 611. The number of hydrogen-bond acceptors (Lipinski definition) is 5. The van der Waals surface area contributed by atoms with Crippen molar-refractivity contribution in [2.75, 3.05) is 0 Å². The maximum atomic E-state index is 10.7. The van der Waals surface area contributed by atoms with Crippen LogP contribution in [0.1, 0.15) is 11.3 Å². The Hall–Kier alpha value is -2.76. The molecule has 1 aromatic heterocycles. The number of phenols is 1. The Morgan fingerprint density at radius 2 is 2.11 bits per heavy atom. The number of pyridine rings is 1. The van der Waals surface area contributed by atoms with Crippen molar-refractivity contribution < 1.29 is 10.0 Å². The topological polar surface area (TPSA) is 100 Å². The molecule has 0 amide bonds. The summed E-state index contributed by atoms with van der Waals surface area (Å²) in [6, 6.07) is 8.54. The van der Waals surface area contributed by atoms with Crippen LogP contribution in [0, 0.1) is 15.5 Å². The first-order valence-electron chi connectivity index (χ1n) is 5.07. The van der Waals surface area contributed by atoms with E-state index in [9.17, 15) is 15.2 Å². The van der Waals surface area contributed by atoms with Crippen LogP contribution in [0.3, 0.4) is 0 Å². The van der Waals surface area contributed by atoms with Crippen molar-refractivity contribution in [2.45, 2.75) is 0 Å². The van der Waals surface area contributed by atoms with E-state index < -0.39 is 4.92 Å². The minimum Gasteiger partial charge on any atom is -0.507 e. The molecule has 0 aliphatic rings. The Labute approximate surface area is 102 Å². The lowest BCUT2D eigenvalue weighted by atomic mass is 10.1. The second-order valence-electron chi connectivity index (χ2n) is 3.55. The standard InChI is InChI=1S/C12H9N3O3/c13-12(10-3-1-2-6-14-10)9-7-8(15(17)18)4-5-11(9)16/h1-7,13,16H. The molecule has 0 spiro atoms. The first-order chi connectivity index (χ1) is 8.59. The predicted molar refractivity (Wildman–Crippen MR) is 64.9 cm³/mol. The van der Waals surface area contributed by atoms with E-state index in [1.807, 2.05) is 0 Å². The Morgan fingerprint density at radius 3 is 2.72 bits per heavy atom. The summed E-state index contributed by atoms with van der Waals surface area (Å²) in [6.07, 6.45) is 1.51. The molecule has 0 saturated carbocycles. The largest absolute Gasteiger partial charge is 0.507 e. The molecule has 0 aliphatic heterocycles. The molecule has 2 rings (SSSR count). The van der Waals surface area contributed by atoms with Crippen LogP contribution in [0.15, 0.2) is 42.6 Å². The lowest BCUT2D eigenvalue weighted by molar-refractivity contribution is -0.384. The molecule has 0 unspecified atom stereocenters. The van der Waals surface area contributed by atoms with Gasteiger partial charge in [-0.25, -0.2) is 0 Å². The molecule has 1 aromatic carbocycles. The summed E-state index contributed by atoms with van der Waals surface area (Å²) in [4.78, 5) is 14.1. The Morgan fingerprint density at radius 1 is 1.33 bits per heavy atom. The fourth-order valence-corrected chi connectivity index (χ4v) is 1.49. The average molecular weight is 243 g/mol. The van der Waals surface area contributed by atoms with Crippen LogP contribution >= 0.6 is 0 Å². The van der Waals surface area contributed by atoms with E-state index in [4.69, 9.17) is 5.41 Å². The van der Waals surface area contributed by atoms with Crippen molar-refractivity contribution in [3.05, 3.63) is 64.0 Å². The number of phenolic OH excluding ortho intramolecular Hbond substituents is 1. The van der Waals surface area contributed by atoms with Gasteiger partial charge in [0.1, 0.15) is 5.75 Å². The van der Waals surface area contributed by atoms with Crippen molar-refractivity contribution in [1.82, 2.24) is 4.98 Å². The molecule has 2 aromatic rings. The molecule has 0 radical (unpaired) electrons. The third-order valence-electron chi connectivity index (χ3n) is 2.38. The van der Waals surface area contributed by atoms with Gasteiger partial charge >= 0.3 is 0 Å². The van der Waals surface area contributed by atoms with Gasteiger partial charge in [0, 0.05) is 18.3 Å². The maximum absolute atomic E-state index is 10.7. The van der Waals surface area contributed by atoms with Crippen molar-refractivity contribution in [1.29, 1.82) is 5.41 Å². The van der Waals surface area contributed by atoms with Gasteiger partial charge in [-0.15, -0.1) is 0 Å². The molecule has 18 heavy (non-hydrogen) atoms. The van der Waals surface area contributed by atoms with Crippen LogP contribution in [-0.2, 0) is 0 Å². The number of nitrogens with zero attached hydrogens (tertiary/aromatic N) is 2. The maximum Gasteiger partial charge on any atom is 0.270 e. The van der Waals surface area contributed by atoms with Crippen molar-refractivity contribution in [3.63, 3.8) is 0 Å². The number of nitro groups is 1. The average Bonchev–Trinajstić information content (AvgIpc) is 2.39. The van der Waals surface area contributed by atoms with Gasteiger partial charge in [-0.2, -0.15) is 0 Å². The van der Waals surface area contributed by atoms with Gasteiger partial charge in [-0.3, -0.25) is 20.5 Å². The molecule has 0 fully saturated rings. The lowest BCUT2D eigenvalue weighted by Gasteiger charge is -2.05. The Kier molecular flexibility index (Phi) is 3.01. The Balaban J connectivity index is 2.48. The molecular formula is C12H9N3O3. The van der Waals surface area contributed by atoms with Gasteiger partial charge < -0.3 is 5.11 Å². The van der Waals surface area contributed by atoms with Crippen molar-refractivity contribution in [3.8, 4) is 5.75 Å².